The van der Waals surface area contributed by atoms with Crippen LogP contribution in [0.5, 0.6) is 0 Å². The lowest BCUT2D eigenvalue weighted by Gasteiger charge is -2.03. The molecule has 0 unspecified atom stereocenters. The van der Waals surface area contributed by atoms with E-state index in [4.69, 9.17) is 0 Å². The Morgan fingerprint density at radius 3 is 2.27 bits per heavy atom. The molecular formula is C24H16F2N2O2. The van der Waals surface area contributed by atoms with Crippen LogP contribution in [0.15, 0.2) is 89.9 Å². The number of aromatic amines is 1. The Morgan fingerprint density at radius 2 is 1.57 bits per heavy atom. The Labute approximate surface area is 170 Å². The number of imidazole rings is 1. The molecule has 0 aliphatic rings. The minimum absolute atomic E-state index is 0.247. The number of ketones is 1. The first-order valence-corrected chi connectivity index (χ1v) is 9.16. The third kappa shape index (κ3) is 4.17. The Bertz CT molecular complexity index is 1280. The summed E-state index contributed by atoms with van der Waals surface area (Å²) in [5, 5.41) is 0. The molecule has 0 amide bonds. The fraction of sp³-hybridized carbons (Fsp3) is 0. The number of benzene rings is 3. The lowest BCUT2D eigenvalue weighted by Crippen LogP contribution is -2.14. The van der Waals surface area contributed by atoms with Gasteiger partial charge in [-0.15, -0.1) is 0 Å². The minimum atomic E-state index is -0.374. The van der Waals surface area contributed by atoms with Gasteiger partial charge in [-0.1, -0.05) is 30.3 Å². The molecule has 0 aliphatic heterocycles. The first-order chi connectivity index (χ1) is 14.5. The molecule has 0 spiro atoms. The second-order valence-electron chi connectivity index (χ2n) is 6.65. The highest BCUT2D eigenvalue weighted by molar-refractivity contribution is 6.07. The van der Waals surface area contributed by atoms with Crippen molar-refractivity contribution in [1.29, 1.82) is 0 Å². The van der Waals surface area contributed by atoms with Gasteiger partial charge in [0.2, 0.25) is 0 Å². The predicted octanol–water partition coefficient (Wildman–Crippen LogP) is 5.01. The molecule has 0 bridgehead atoms. The van der Waals surface area contributed by atoms with Crippen molar-refractivity contribution in [3.05, 3.63) is 118 Å². The monoisotopic (exact) mass is 402 g/mol. The van der Waals surface area contributed by atoms with E-state index in [1.807, 2.05) is 0 Å². The number of nitrogens with one attached hydrogen (secondary N) is 1. The van der Waals surface area contributed by atoms with Crippen LogP contribution in [-0.2, 0) is 0 Å². The van der Waals surface area contributed by atoms with Gasteiger partial charge >= 0.3 is 5.69 Å². The summed E-state index contributed by atoms with van der Waals surface area (Å²) in [6.07, 6.45) is 4.60. The zero-order valence-electron chi connectivity index (χ0n) is 15.7. The van der Waals surface area contributed by atoms with Crippen molar-refractivity contribution < 1.29 is 13.6 Å². The second kappa shape index (κ2) is 8.13. The number of hydrogen-bond donors (Lipinski definition) is 1. The molecule has 0 fully saturated rings. The van der Waals surface area contributed by atoms with Crippen LogP contribution in [0.25, 0.3) is 23.0 Å². The van der Waals surface area contributed by atoms with Gasteiger partial charge in [0.25, 0.3) is 0 Å². The third-order valence-electron chi connectivity index (χ3n) is 4.58. The fourth-order valence-electron chi connectivity index (χ4n) is 3.01. The summed E-state index contributed by atoms with van der Waals surface area (Å²) in [4.78, 5) is 27.7. The number of hydrogen-bond acceptors (Lipinski definition) is 2. The number of carbonyl (C=O) groups is 1. The lowest BCUT2D eigenvalue weighted by atomic mass is 10.1. The smallest absolute Gasteiger partial charge is 0.305 e. The van der Waals surface area contributed by atoms with Crippen molar-refractivity contribution in [2.24, 2.45) is 0 Å². The molecular weight excluding hydrogens is 386 g/mol. The first kappa shape index (κ1) is 19.3. The Hall–Kier alpha value is -4.06. The van der Waals surface area contributed by atoms with Crippen LogP contribution < -0.4 is 5.69 Å². The molecule has 4 nitrogen and oxygen atoms in total. The van der Waals surface area contributed by atoms with Gasteiger partial charge in [-0.2, -0.15) is 0 Å². The average molecular weight is 402 g/mol. The molecule has 1 heterocycles. The van der Waals surface area contributed by atoms with Gasteiger partial charge in [0.05, 0.1) is 11.4 Å². The molecule has 1 aromatic heterocycles. The highest BCUT2D eigenvalue weighted by atomic mass is 19.1. The maximum absolute atomic E-state index is 13.1. The first-order valence-electron chi connectivity index (χ1n) is 9.16. The average Bonchev–Trinajstić information content (AvgIpc) is 3.15. The maximum atomic E-state index is 13.1. The molecule has 1 N–H and O–H groups in total. The van der Waals surface area contributed by atoms with Crippen molar-refractivity contribution in [2.45, 2.75) is 0 Å². The van der Waals surface area contributed by atoms with Crippen molar-refractivity contribution >= 4 is 11.9 Å². The molecule has 3 aromatic carbocycles. The third-order valence-corrected chi connectivity index (χ3v) is 4.58. The standard InChI is InChI=1S/C24H16F2N2O2/c25-19-9-4-16(5-10-19)6-13-23(29)18-2-1-3-21(14-18)28-15-22(27-24(28)30)17-7-11-20(26)12-8-17/h1-15H,(H,27,30). The largest absolute Gasteiger partial charge is 0.330 e. The van der Waals surface area contributed by atoms with E-state index in [2.05, 4.69) is 4.98 Å². The van der Waals surface area contributed by atoms with Crippen LogP contribution in [-0.4, -0.2) is 15.3 Å². The van der Waals surface area contributed by atoms with Gasteiger partial charge in [0.15, 0.2) is 5.78 Å². The zero-order chi connectivity index (χ0) is 21.1. The van der Waals surface area contributed by atoms with E-state index in [1.165, 1.54) is 34.9 Å². The van der Waals surface area contributed by atoms with Gasteiger partial charge in [0.1, 0.15) is 11.6 Å². The van der Waals surface area contributed by atoms with Crippen molar-refractivity contribution in [3.8, 4) is 16.9 Å². The number of nitrogens with zero attached hydrogens (tertiary/aromatic N) is 1. The lowest BCUT2D eigenvalue weighted by molar-refractivity contribution is 0.104. The molecule has 0 atom stereocenters. The summed E-state index contributed by atoms with van der Waals surface area (Å²) in [6, 6.07) is 18.2. The summed E-state index contributed by atoms with van der Waals surface area (Å²) in [7, 11) is 0. The predicted molar refractivity (Wildman–Crippen MR) is 112 cm³/mol. The zero-order valence-corrected chi connectivity index (χ0v) is 15.7. The van der Waals surface area contributed by atoms with Gasteiger partial charge < -0.3 is 4.98 Å². The molecule has 0 saturated carbocycles. The topological polar surface area (TPSA) is 54.9 Å². The van der Waals surface area contributed by atoms with E-state index < -0.39 is 0 Å². The van der Waals surface area contributed by atoms with Crippen LogP contribution in [0, 0.1) is 11.6 Å². The molecule has 6 heteroatoms. The van der Waals surface area contributed by atoms with E-state index in [-0.39, 0.29) is 23.1 Å². The Kier molecular flexibility index (Phi) is 5.22. The number of rotatable bonds is 5. The number of halogens is 2. The highest BCUT2D eigenvalue weighted by Crippen LogP contribution is 2.18. The molecule has 148 valence electrons. The summed E-state index contributed by atoms with van der Waals surface area (Å²) < 4.78 is 27.5. The normalized spacial score (nSPS) is 11.1. The quantitative estimate of drug-likeness (QED) is 0.377. The SMILES string of the molecule is O=C(C=Cc1ccc(F)cc1)c1cccc(-n2cc(-c3ccc(F)cc3)[nH]c2=O)c1. The second-order valence-corrected chi connectivity index (χ2v) is 6.65. The molecule has 0 radical (unpaired) electrons. The van der Waals surface area contributed by atoms with Crippen molar-refractivity contribution in [2.75, 3.05) is 0 Å². The van der Waals surface area contributed by atoms with Crippen molar-refractivity contribution in [3.63, 3.8) is 0 Å². The van der Waals surface area contributed by atoms with Crippen LogP contribution >= 0.6 is 0 Å². The molecule has 30 heavy (non-hydrogen) atoms. The van der Waals surface area contributed by atoms with Gasteiger partial charge in [-0.05, 0) is 65.7 Å². The van der Waals surface area contributed by atoms with E-state index >= 15 is 0 Å². The summed E-state index contributed by atoms with van der Waals surface area (Å²) >= 11 is 0. The Balaban J connectivity index is 1.60. The van der Waals surface area contributed by atoms with Gasteiger partial charge in [-0.25, -0.2) is 13.6 Å². The van der Waals surface area contributed by atoms with E-state index in [0.717, 1.165) is 0 Å². The summed E-state index contributed by atoms with van der Waals surface area (Å²) in [5.41, 5.74) is 2.45. The fourth-order valence-corrected chi connectivity index (χ4v) is 3.01. The van der Waals surface area contributed by atoms with Gasteiger partial charge in [-0.3, -0.25) is 9.36 Å². The molecule has 0 aliphatic carbocycles. The van der Waals surface area contributed by atoms with Crippen LogP contribution in [0.2, 0.25) is 0 Å². The van der Waals surface area contributed by atoms with E-state index in [1.54, 1.807) is 60.8 Å². The number of carbonyl (C=O) groups excluding carboxylic acids is 1. The number of aromatic nitrogens is 2. The van der Waals surface area contributed by atoms with Crippen LogP contribution in [0.3, 0.4) is 0 Å². The number of allylic oxidation sites excluding steroid dienone is 1. The van der Waals surface area contributed by atoms with Crippen LogP contribution in [0.4, 0.5) is 8.78 Å². The highest BCUT2D eigenvalue weighted by Gasteiger charge is 2.09. The van der Waals surface area contributed by atoms with Gasteiger partial charge in [0, 0.05) is 11.8 Å². The Morgan fingerprint density at radius 1 is 0.900 bits per heavy atom. The van der Waals surface area contributed by atoms with Crippen LogP contribution in [0.1, 0.15) is 15.9 Å². The van der Waals surface area contributed by atoms with E-state index in [9.17, 15) is 18.4 Å². The molecule has 4 aromatic rings. The maximum Gasteiger partial charge on any atom is 0.330 e. The molecule has 4 rings (SSSR count). The molecule has 0 saturated heterocycles. The summed E-state index contributed by atoms with van der Waals surface area (Å²) in [5.74, 6) is -0.952. The summed E-state index contributed by atoms with van der Waals surface area (Å²) in [6.45, 7) is 0. The van der Waals surface area contributed by atoms with E-state index in [0.29, 0.717) is 28.1 Å². The number of H-pyrrole nitrogens is 1. The van der Waals surface area contributed by atoms with Crippen molar-refractivity contribution in [1.82, 2.24) is 9.55 Å². The minimum Gasteiger partial charge on any atom is -0.305 e.